The van der Waals surface area contributed by atoms with Gasteiger partial charge in [0.05, 0.1) is 55.3 Å². The maximum absolute atomic E-state index is 11.7. The van der Waals surface area contributed by atoms with E-state index in [4.69, 9.17) is 29.3 Å². The van der Waals surface area contributed by atoms with Gasteiger partial charge in [0.25, 0.3) is 0 Å². The third-order valence-electron chi connectivity index (χ3n) is 14.4. The van der Waals surface area contributed by atoms with Crippen LogP contribution in [0.4, 0.5) is 0 Å². The van der Waals surface area contributed by atoms with Crippen LogP contribution >= 0.6 is 0 Å². The molecule has 0 bridgehead atoms. The van der Waals surface area contributed by atoms with Crippen molar-refractivity contribution < 1.29 is 28.9 Å². The molecule has 0 unspecified atom stereocenters. The van der Waals surface area contributed by atoms with Gasteiger partial charge in [-0.25, -0.2) is 19.9 Å². The van der Waals surface area contributed by atoms with E-state index in [1.807, 2.05) is 42.7 Å². The summed E-state index contributed by atoms with van der Waals surface area (Å²) in [6, 6.07) is 12.2. The van der Waals surface area contributed by atoms with Crippen LogP contribution in [-0.2, 0) is 27.4 Å². The molecule has 2 aliphatic carbocycles. The van der Waals surface area contributed by atoms with Gasteiger partial charge in [-0.1, -0.05) is 56.4 Å². The number of nitrogens with zero attached hydrogens (tertiary/aromatic N) is 6. The fraction of sp³-hybridized carbons (Fsp3) is 0.660. The zero-order chi connectivity index (χ0) is 44.7. The van der Waals surface area contributed by atoms with Gasteiger partial charge in [-0.05, 0) is 162 Å². The number of hydrogen-bond donors (Lipinski definition) is 1. The van der Waals surface area contributed by atoms with Crippen molar-refractivity contribution in [2.45, 2.75) is 159 Å². The lowest BCUT2D eigenvalue weighted by molar-refractivity contribution is -0.147. The standard InChI is InChI=1S/C26H37N3O3.C25H35N3O3.2CH4/c1-26(2,3)20-5-7-21(8-6-20)32-22-9-10-23-19(15-22)16-27-24(28-23)17-29-13-11-18(12-14-29)25(30)31-4;1-25(2,3)19-4-6-20(7-5-19)31-21-8-9-22-18(14-21)15-26-23(27-22)16-28-12-10-17(11-13-28)24(29)30;;/h9-10,15-16,18,20-21H,5-8,11-14,17H2,1-4H3;8-9,14-15,17,19-20H,4-7,10-13,16H2,1-3H3,(H,29,30);2*1H4. The minimum absolute atomic E-state index is 0. The number of rotatable bonds is 10. The van der Waals surface area contributed by atoms with Crippen molar-refractivity contribution in [3.8, 4) is 11.5 Å². The number of aromatic nitrogens is 4. The average Bonchev–Trinajstić information content (AvgIpc) is 3.26. The molecule has 4 aliphatic rings. The third kappa shape index (κ3) is 14.3. The number of likely N-dealkylation sites (tertiary alicyclic amines) is 2. The lowest BCUT2D eigenvalue weighted by atomic mass is 9.72. The normalized spacial score (nSPS) is 22.8. The van der Waals surface area contributed by atoms with Crippen molar-refractivity contribution >= 4 is 33.7 Å². The predicted octanol–water partition coefficient (Wildman–Crippen LogP) is 11.2. The summed E-state index contributed by atoms with van der Waals surface area (Å²) in [6.07, 6.45) is 16.9. The van der Waals surface area contributed by atoms with Gasteiger partial charge in [0.15, 0.2) is 0 Å². The summed E-state index contributed by atoms with van der Waals surface area (Å²) in [4.78, 5) is 46.0. The molecule has 2 saturated heterocycles. The van der Waals surface area contributed by atoms with E-state index in [1.165, 1.54) is 32.8 Å². The van der Waals surface area contributed by atoms with E-state index in [-0.39, 0.29) is 32.7 Å². The Hall–Kier alpha value is -4.42. The molecule has 0 amide bonds. The van der Waals surface area contributed by atoms with Gasteiger partial charge < -0.3 is 19.3 Å². The fourth-order valence-electron chi connectivity index (χ4n) is 10.1. The summed E-state index contributed by atoms with van der Waals surface area (Å²) in [5, 5.41) is 11.2. The van der Waals surface area contributed by atoms with E-state index in [0.717, 1.165) is 121 Å². The highest BCUT2D eigenvalue weighted by molar-refractivity contribution is 5.80. The van der Waals surface area contributed by atoms with Gasteiger partial charge in [-0.2, -0.15) is 0 Å². The Labute approximate surface area is 389 Å². The van der Waals surface area contributed by atoms with Crippen molar-refractivity contribution in [1.29, 1.82) is 0 Å². The number of carbonyl (C=O) groups is 2. The Balaban J connectivity index is 0.000000237. The van der Waals surface area contributed by atoms with Crippen molar-refractivity contribution in [1.82, 2.24) is 29.7 Å². The Morgan fingerprint density at radius 3 is 1.34 bits per heavy atom. The first kappa shape index (κ1) is 51.6. The highest BCUT2D eigenvalue weighted by atomic mass is 16.5. The summed E-state index contributed by atoms with van der Waals surface area (Å²) in [5.74, 6) is 4.04. The largest absolute Gasteiger partial charge is 0.490 e. The van der Waals surface area contributed by atoms with E-state index < -0.39 is 5.97 Å². The molecule has 8 rings (SSSR count). The van der Waals surface area contributed by atoms with Crippen molar-refractivity contribution in [2.75, 3.05) is 33.3 Å². The number of carbonyl (C=O) groups excluding carboxylic acids is 1. The van der Waals surface area contributed by atoms with Gasteiger partial charge in [0.1, 0.15) is 23.1 Å². The van der Waals surface area contributed by atoms with Crippen LogP contribution in [0.15, 0.2) is 48.8 Å². The van der Waals surface area contributed by atoms with E-state index in [9.17, 15) is 9.59 Å². The second-order valence-corrected chi connectivity index (χ2v) is 20.9. The van der Waals surface area contributed by atoms with Gasteiger partial charge in [-0.3, -0.25) is 19.4 Å². The topological polar surface area (TPSA) is 140 Å². The molecule has 4 fully saturated rings. The third-order valence-corrected chi connectivity index (χ3v) is 14.4. The average molecular weight is 897 g/mol. The number of carboxylic acids is 1. The number of ether oxygens (including phenoxy) is 3. The predicted molar refractivity (Wildman–Crippen MR) is 260 cm³/mol. The molecule has 2 saturated carbocycles. The Morgan fingerprint density at radius 2 is 0.985 bits per heavy atom. The molecule has 0 spiro atoms. The van der Waals surface area contributed by atoms with Crippen LogP contribution in [-0.4, -0.2) is 92.3 Å². The van der Waals surface area contributed by atoms with Crippen molar-refractivity contribution in [3.05, 3.63) is 60.4 Å². The number of aliphatic carboxylic acids is 1. The van der Waals surface area contributed by atoms with Crippen LogP contribution in [0.2, 0.25) is 0 Å². The van der Waals surface area contributed by atoms with Gasteiger partial charge in [0, 0.05) is 23.2 Å². The van der Waals surface area contributed by atoms with Crippen LogP contribution < -0.4 is 9.47 Å². The SMILES string of the molecule is C.C.CC(C)(C)C1CCC(Oc2ccc3nc(CN4CCC(C(=O)O)CC4)ncc3c2)CC1.COC(=O)C1CCN(Cc2ncc3cc(OC4CCC(C(C)(C)C)CC4)ccc3n2)CC1. The summed E-state index contributed by atoms with van der Waals surface area (Å²) < 4.78 is 17.5. The Kier molecular flexibility index (Phi) is 18.1. The van der Waals surface area contributed by atoms with Crippen LogP contribution in [0.1, 0.15) is 145 Å². The van der Waals surface area contributed by atoms with Crippen LogP contribution in [0, 0.1) is 34.5 Å². The van der Waals surface area contributed by atoms with Gasteiger partial charge >= 0.3 is 11.9 Å². The second kappa shape index (κ2) is 22.9. The van der Waals surface area contributed by atoms with Crippen LogP contribution in [0.5, 0.6) is 11.5 Å². The molecule has 2 aliphatic heterocycles. The van der Waals surface area contributed by atoms with Gasteiger partial charge in [0.2, 0.25) is 0 Å². The maximum Gasteiger partial charge on any atom is 0.308 e. The quantitative estimate of drug-likeness (QED) is 0.152. The number of esters is 1. The van der Waals surface area contributed by atoms with E-state index in [0.29, 0.717) is 49.0 Å². The Bertz CT molecular complexity index is 2140. The number of piperidine rings is 2. The fourth-order valence-corrected chi connectivity index (χ4v) is 10.1. The van der Waals surface area contributed by atoms with Crippen molar-refractivity contribution in [3.63, 3.8) is 0 Å². The summed E-state index contributed by atoms with van der Waals surface area (Å²) in [5.41, 5.74) is 2.65. The number of carboxylic acid groups (broad SMARTS) is 1. The second-order valence-electron chi connectivity index (χ2n) is 20.9. The van der Waals surface area contributed by atoms with E-state index in [2.05, 4.69) is 67.4 Å². The van der Waals surface area contributed by atoms with Gasteiger partial charge in [-0.15, -0.1) is 0 Å². The molecule has 2 aromatic heterocycles. The summed E-state index contributed by atoms with van der Waals surface area (Å²) in [7, 11) is 1.46. The first-order chi connectivity index (χ1) is 30.1. The first-order valence-electron chi connectivity index (χ1n) is 23.7. The molecule has 4 heterocycles. The highest BCUT2D eigenvalue weighted by Crippen LogP contribution is 2.40. The van der Waals surface area contributed by atoms with E-state index in [1.54, 1.807) is 0 Å². The highest BCUT2D eigenvalue weighted by Gasteiger charge is 2.32. The zero-order valence-electron chi connectivity index (χ0n) is 39.0. The van der Waals surface area contributed by atoms with Crippen molar-refractivity contribution in [2.24, 2.45) is 34.5 Å². The molecule has 4 aromatic rings. The molecule has 12 heteroatoms. The number of hydrogen-bond acceptors (Lipinski definition) is 11. The number of benzene rings is 2. The Morgan fingerprint density at radius 1 is 0.600 bits per heavy atom. The monoisotopic (exact) mass is 897 g/mol. The first-order valence-corrected chi connectivity index (χ1v) is 23.7. The molecule has 12 nitrogen and oxygen atoms in total. The number of fused-ring (bicyclic) bond motifs is 2. The van der Waals surface area contributed by atoms with Crippen LogP contribution in [0.25, 0.3) is 21.8 Å². The maximum atomic E-state index is 11.7. The minimum Gasteiger partial charge on any atom is -0.490 e. The minimum atomic E-state index is -0.679. The molecule has 0 atom stereocenters. The summed E-state index contributed by atoms with van der Waals surface area (Å²) in [6.45, 7) is 18.7. The van der Waals surface area contributed by atoms with Crippen LogP contribution in [0.3, 0.4) is 0 Å². The zero-order valence-corrected chi connectivity index (χ0v) is 39.0. The number of methoxy groups -OCH3 is 1. The molecule has 358 valence electrons. The molecule has 2 aromatic carbocycles. The lowest BCUT2D eigenvalue weighted by Gasteiger charge is -2.37. The molecular formula is C53H80N6O6. The molecule has 1 N–H and O–H groups in total. The lowest BCUT2D eigenvalue weighted by Crippen LogP contribution is -2.36. The van der Waals surface area contributed by atoms with E-state index >= 15 is 0 Å². The molecular weight excluding hydrogens is 817 g/mol. The molecule has 0 radical (unpaired) electrons. The summed E-state index contributed by atoms with van der Waals surface area (Å²) >= 11 is 0. The molecule has 65 heavy (non-hydrogen) atoms. The smallest absolute Gasteiger partial charge is 0.308 e.